The van der Waals surface area contributed by atoms with Gasteiger partial charge in [0, 0.05) is 11.1 Å². The zero-order valence-corrected chi connectivity index (χ0v) is 12.7. The predicted molar refractivity (Wildman–Crippen MR) is 78.4 cm³/mol. The van der Waals surface area contributed by atoms with Crippen molar-refractivity contribution in [2.24, 2.45) is 5.92 Å². The fourth-order valence-corrected chi connectivity index (χ4v) is 2.13. The minimum Gasteiger partial charge on any atom is -0.468 e. The van der Waals surface area contributed by atoms with Crippen molar-refractivity contribution in [2.75, 3.05) is 7.11 Å². The van der Waals surface area contributed by atoms with Crippen LogP contribution in [0.1, 0.15) is 26.3 Å². The molecule has 1 N–H and O–H groups in total. The number of esters is 1. The molecule has 1 aromatic carbocycles. The van der Waals surface area contributed by atoms with E-state index in [-0.39, 0.29) is 24.0 Å². The first kappa shape index (κ1) is 16.0. The topological polar surface area (TPSA) is 38.3 Å². The van der Waals surface area contributed by atoms with Gasteiger partial charge in [-0.1, -0.05) is 37.6 Å². The van der Waals surface area contributed by atoms with E-state index in [1.54, 1.807) is 0 Å². The molecule has 0 aromatic heterocycles. The Bertz CT molecular complexity index is 403. The van der Waals surface area contributed by atoms with Gasteiger partial charge in [0.25, 0.3) is 0 Å². The fraction of sp³-hybridized carbons (Fsp3) is 0.533. The van der Waals surface area contributed by atoms with Gasteiger partial charge in [0.15, 0.2) is 0 Å². The molecule has 1 aromatic rings. The molecule has 0 amide bonds. The van der Waals surface area contributed by atoms with E-state index >= 15 is 0 Å². The van der Waals surface area contributed by atoms with Crippen LogP contribution in [0.5, 0.6) is 0 Å². The Balaban J connectivity index is 2.59. The van der Waals surface area contributed by atoms with Crippen LogP contribution in [0, 0.1) is 5.92 Å². The van der Waals surface area contributed by atoms with E-state index in [9.17, 15) is 4.79 Å². The molecule has 0 aliphatic heterocycles. The summed E-state index contributed by atoms with van der Waals surface area (Å²) in [5, 5.41) is 4.06. The monoisotopic (exact) mass is 283 g/mol. The highest BCUT2D eigenvalue weighted by Crippen LogP contribution is 2.12. The number of carbonyl (C=O) groups excluding carboxylic acids is 1. The van der Waals surface area contributed by atoms with Crippen LogP contribution in [0.4, 0.5) is 0 Å². The van der Waals surface area contributed by atoms with Gasteiger partial charge in [-0.15, -0.1) is 0 Å². The number of rotatable bonds is 6. The van der Waals surface area contributed by atoms with Gasteiger partial charge in [-0.2, -0.15) is 0 Å². The summed E-state index contributed by atoms with van der Waals surface area (Å²) in [6.45, 7) is 6.07. The predicted octanol–water partition coefficient (Wildman–Crippen LogP) is 3.06. The molecule has 1 rings (SSSR count). The van der Waals surface area contributed by atoms with Gasteiger partial charge in [0.1, 0.15) is 6.04 Å². The Labute approximate surface area is 120 Å². The van der Waals surface area contributed by atoms with Crippen LogP contribution in [0.25, 0.3) is 0 Å². The fourth-order valence-electron chi connectivity index (χ4n) is 2.00. The Morgan fingerprint density at radius 3 is 2.32 bits per heavy atom. The highest BCUT2D eigenvalue weighted by Gasteiger charge is 2.24. The maximum atomic E-state index is 11.7. The Hall–Kier alpha value is -1.06. The number of ether oxygens (including phenoxy) is 1. The number of methoxy groups -OCH3 is 1. The summed E-state index contributed by atoms with van der Waals surface area (Å²) in [4.78, 5) is 11.7. The molecule has 0 saturated carbocycles. The van der Waals surface area contributed by atoms with Crippen molar-refractivity contribution in [2.45, 2.75) is 39.3 Å². The number of nitrogens with one attached hydrogen (secondary N) is 1. The first-order chi connectivity index (χ1) is 8.93. The van der Waals surface area contributed by atoms with Crippen LogP contribution in [-0.4, -0.2) is 25.2 Å². The van der Waals surface area contributed by atoms with Gasteiger partial charge in [-0.3, -0.25) is 4.79 Å². The zero-order valence-electron chi connectivity index (χ0n) is 11.9. The minimum atomic E-state index is -0.271. The average Bonchev–Trinajstić information content (AvgIpc) is 2.37. The molecule has 0 aliphatic rings. The number of hydrogen-bond acceptors (Lipinski definition) is 3. The lowest BCUT2D eigenvalue weighted by Crippen LogP contribution is -2.46. The second-order valence-electron chi connectivity index (χ2n) is 5.14. The van der Waals surface area contributed by atoms with Gasteiger partial charge in [0.2, 0.25) is 0 Å². The zero-order chi connectivity index (χ0) is 14.4. The van der Waals surface area contributed by atoms with Gasteiger partial charge in [-0.05, 0) is 37.0 Å². The molecule has 106 valence electrons. The molecule has 0 spiro atoms. The molecular formula is C15H22ClNO2. The van der Waals surface area contributed by atoms with Crippen LogP contribution >= 0.6 is 11.6 Å². The standard InChI is InChI=1S/C15H22ClNO2/c1-10(2)14(15(18)19-4)17-11(3)9-12-5-7-13(16)8-6-12/h5-8,10-11,14,17H,9H2,1-4H3/t11?,14-/m0/s1. The highest BCUT2D eigenvalue weighted by molar-refractivity contribution is 6.30. The van der Waals surface area contributed by atoms with E-state index in [4.69, 9.17) is 16.3 Å². The number of halogens is 1. The molecule has 2 atom stereocenters. The number of benzene rings is 1. The number of hydrogen-bond donors (Lipinski definition) is 1. The van der Waals surface area contributed by atoms with Crippen molar-refractivity contribution in [1.82, 2.24) is 5.32 Å². The Morgan fingerprint density at radius 1 is 1.26 bits per heavy atom. The summed E-state index contributed by atoms with van der Waals surface area (Å²) < 4.78 is 4.82. The minimum absolute atomic E-state index is 0.188. The van der Waals surface area contributed by atoms with Crippen LogP contribution in [0.2, 0.25) is 5.02 Å². The lowest BCUT2D eigenvalue weighted by molar-refractivity contribution is -0.144. The van der Waals surface area contributed by atoms with Crippen LogP contribution in [0.3, 0.4) is 0 Å². The highest BCUT2D eigenvalue weighted by atomic mass is 35.5. The summed E-state index contributed by atoms with van der Waals surface area (Å²) in [6.07, 6.45) is 0.845. The molecule has 0 heterocycles. The van der Waals surface area contributed by atoms with E-state index in [1.807, 2.05) is 38.1 Å². The molecule has 0 fully saturated rings. The van der Waals surface area contributed by atoms with E-state index in [1.165, 1.54) is 12.7 Å². The van der Waals surface area contributed by atoms with Crippen LogP contribution < -0.4 is 5.32 Å². The maximum Gasteiger partial charge on any atom is 0.323 e. The lowest BCUT2D eigenvalue weighted by atomic mass is 10.0. The van der Waals surface area contributed by atoms with Crippen molar-refractivity contribution in [3.05, 3.63) is 34.9 Å². The lowest BCUT2D eigenvalue weighted by Gasteiger charge is -2.24. The summed E-state index contributed by atoms with van der Waals surface area (Å²) in [7, 11) is 1.42. The van der Waals surface area contributed by atoms with Gasteiger partial charge in [-0.25, -0.2) is 0 Å². The third-order valence-electron chi connectivity index (χ3n) is 3.04. The summed E-state index contributed by atoms with van der Waals surface area (Å²) in [5.41, 5.74) is 1.19. The van der Waals surface area contributed by atoms with E-state index in [2.05, 4.69) is 12.2 Å². The van der Waals surface area contributed by atoms with Crippen molar-refractivity contribution in [3.63, 3.8) is 0 Å². The molecule has 3 nitrogen and oxygen atoms in total. The first-order valence-corrected chi connectivity index (χ1v) is 6.90. The second kappa shape index (κ2) is 7.51. The second-order valence-corrected chi connectivity index (χ2v) is 5.58. The third-order valence-corrected chi connectivity index (χ3v) is 3.29. The van der Waals surface area contributed by atoms with Gasteiger partial charge in [0.05, 0.1) is 7.11 Å². The summed E-state index contributed by atoms with van der Waals surface area (Å²) >= 11 is 5.86. The molecule has 0 aliphatic carbocycles. The normalized spacial score (nSPS) is 14.2. The smallest absolute Gasteiger partial charge is 0.323 e. The van der Waals surface area contributed by atoms with Crippen molar-refractivity contribution in [1.29, 1.82) is 0 Å². The Kier molecular flexibility index (Phi) is 6.32. The van der Waals surface area contributed by atoms with E-state index < -0.39 is 0 Å². The molecule has 0 bridgehead atoms. The molecule has 4 heteroatoms. The van der Waals surface area contributed by atoms with E-state index in [0.29, 0.717) is 0 Å². The van der Waals surface area contributed by atoms with Crippen molar-refractivity contribution < 1.29 is 9.53 Å². The third kappa shape index (κ3) is 5.21. The largest absolute Gasteiger partial charge is 0.468 e. The first-order valence-electron chi connectivity index (χ1n) is 6.52. The molecular weight excluding hydrogens is 262 g/mol. The van der Waals surface area contributed by atoms with Crippen LogP contribution in [-0.2, 0) is 16.0 Å². The molecule has 0 saturated heterocycles. The molecule has 19 heavy (non-hydrogen) atoms. The summed E-state index contributed by atoms with van der Waals surface area (Å²) in [6, 6.07) is 7.68. The maximum absolute atomic E-state index is 11.7. The molecule has 1 unspecified atom stereocenters. The van der Waals surface area contributed by atoms with Gasteiger partial charge >= 0.3 is 5.97 Å². The van der Waals surface area contributed by atoms with Gasteiger partial charge < -0.3 is 10.1 Å². The summed E-state index contributed by atoms with van der Waals surface area (Å²) in [5.74, 6) is -0.0157. The Morgan fingerprint density at radius 2 is 1.84 bits per heavy atom. The van der Waals surface area contributed by atoms with Crippen molar-refractivity contribution >= 4 is 17.6 Å². The SMILES string of the molecule is COC(=O)[C@@H](NC(C)Cc1ccc(Cl)cc1)C(C)C. The van der Waals surface area contributed by atoms with E-state index in [0.717, 1.165) is 11.4 Å². The molecule has 0 radical (unpaired) electrons. The quantitative estimate of drug-likeness (QED) is 0.816. The average molecular weight is 284 g/mol. The van der Waals surface area contributed by atoms with Crippen molar-refractivity contribution in [3.8, 4) is 0 Å². The van der Waals surface area contributed by atoms with Crippen LogP contribution in [0.15, 0.2) is 24.3 Å². The number of carbonyl (C=O) groups is 1.